The molecule has 2 aromatic rings. The molecule has 2 rings (SSSR count). The highest BCUT2D eigenvalue weighted by molar-refractivity contribution is 5.72. The van der Waals surface area contributed by atoms with Gasteiger partial charge in [-0.3, -0.25) is 0 Å². The molecule has 0 saturated heterocycles. The Morgan fingerprint density at radius 2 is 2.25 bits per heavy atom. The number of hydrogen-bond donors (Lipinski definition) is 0. The standard InChI is InChI=1S/C10H13N2/c1-3-12-8-6-9-10(12)5-4-7-11(9)2/h4-8H,3H2,1-2H3/q+1. The molecular formula is C10H13N2+. The molecule has 2 nitrogen and oxygen atoms in total. The van der Waals surface area contributed by atoms with Gasteiger partial charge in [0.1, 0.15) is 12.6 Å². The van der Waals surface area contributed by atoms with Gasteiger partial charge in [-0.1, -0.05) is 0 Å². The van der Waals surface area contributed by atoms with Crippen molar-refractivity contribution < 1.29 is 4.57 Å². The predicted octanol–water partition coefficient (Wildman–Crippen LogP) is 1.49. The van der Waals surface area contributed by atoms with Crippen LogP contribution < -0.4 is 4.57 Å². The molecule has 0 spiro atoms. The zero-order valence-electron chi connectivity index (χ0n) is 7.49. The van der Waals surface area contributed by atoms with E-state index in [2.05, 4.69) is 53.7 Å². The van der Waals surface area contributed by atoms with Crippen molar-refractivity contribution in [1.82, 2.24) is 4.57 Å². The zero-order chi connectivity index (χ0) is 8.55. The van der Waals surface area contributed by atoms with Gasteiger partial charge in [0.05, 0.1) is 0 Å². The summed E-state index contributed by atoms with van der Waals surface area (Å²) in [5.74, 6) is 0. The fourth-order valence-corrected chi connectivity index (χ4v) is 1.57. The Bertz CT molecular complexity index is 401. The number of aromatic nitrogens is 2. The molecule has 2 aromatic heterocycles. The van der Waals surface area contributed by atoms with Gasteiger partial charge in [0.2, 0.25) is 5.52 Å². The van der Waals surface area contributed by atoms with E-state index in [-0.39, 0.29) is 0 Å². The van der Waals surface area contributed by atoms with Crippen molar-refractivity contribution >= 4 is 11.0 Å². The second-order valence-electron chi connectivity index (χ2n) is 2.99. The Balaban J connectivity index is 2.80. The van der Waals surface area contributed by atoms with Gasteiger partial charge in [-0.05, 0) is 13.0 Å². The van der Waals surface area contributed by atoms with Gasteiger partial charge in [0, 0.05) is 24.9 Å². The highest BCUT2D eigenvalue weighted by Gasteiger charge is 2.06. The van der Waals surface area contributed by atoms with Gasteiger partial charge in [-0.15, -0.1) is 0 Å². The molecule has 0 aromatic carbocycles. The third kappa shape index (κ3) is 0.916. The van der Waals surface area contributed by atoms with E-state index in [9.17, 15) is 0 Å². The summed E-state index contributed by atoms with van der Waals surface area (Å²) in [6.07, 6.45) is 4.20. The molecule has 2 heteroatoms. The van der Waals surface area contributed by atoms with E-state index < -0.39 is 0 Å². The topological polar surface area (TPSA) is 8.81 Å². The van der Waals surface area contributed by atoms with Gasteiger partial charge in [-0.2, -0.15) is 4.57 Å². The predicted molar refractivity (Wildman–Crippen MR) is 48.8 cm³/mol. The van der Waals surface area contributed by atoms with E-state index in [1.54, 1.807) is 0 Å². The fourth-order valence-electron chi connectivity index (χ4n) is 1.57. The van der Waals surface area contributed by atoms with Crippen LogP contribution in [0.4, 0.5) is 0 Å². The van der Waals surface area contributed by atoms with Crippen LogP contribution in [0.15, 0.2) is 30.6 Å². The lowest BCUT2D eigenvalue weighted by molar-refractivity contribution is -0.644. The van der Waals surface area contributed by atoms with Crippen molar-refractivity contribution in [3.63, 3.8) is 0 Å². The number of pyridine rings is 1. The Morgan fingerprint density at radius 3 is 3.00 bits per heavy atom. The first-order chi connectivity index (χ1) is 5.83. The lowest BCUT2D eigenvalue weighted by Crippen LogP contribution is -2.27. The van der Waals surface area contributed by atoms with Gasteiger partial charge in [0.15, 0.2) is 6.20 Å². The summed E-state index contributed by atoms with van der Waals surface area (Å²) in [6, 6.07) is 6.38. The Morgan fingerprint density at radius 1 is 1.42 bits per heavy atom. The minimum absolute atomic E-state index is 1.04. The second kappa shape index (κ2) is 2.63. The number of fused-ring (bicyclic) bond motifs is 1. The highest BCUT2D eigenvalue weighted by atomic mass is 15.0. The molecule has 0 aliphatic heterocycles. The summed E-state index contributed by atoms with van der Waals surface area (Å²) in [4.78, 5) is 0. The lowest BCUT2D eigenvalue weighted by Gasteiger charge is -1.97. The van der Waals surface area contributed by atoms with E-state index in [1.807, 2.05) is 0 Å². The molecule has 0 N–H and O–H groups in total. The van der Waals surface area contributed by atoms with E-state index in [0.29, 0.717) is 0 Å². The first kappa shape index (κ1) is 7.35. The SMILES string of the molecule is CCn1ccc2c1ccc[n+]2C. The van der Waals surface area contributed by atoms with Crippen LogP contribution in [0.2, 0.25) is 0 Å². The number of aryl methyl sites for hydroxylation is 2. The molecule has 0 radical (unpaired) electrons. The van der Waals surface area contributed by atoms with Crippen LogP contribution in [0.1, 0.15) is 6.92 Å². The van der Waals surface area contributed by atoms with Crippen molar-refractivity contribution in [3.05, 3.63) is 30.6 Å². The maximum Gasteiger partial charge on any atom is 0.230 e. The van der Waals surface area contributed by atoms with Crippen LogP contribution in [0.25, 0.3) is 11.0 Å². The van der Waals surface area contributed by atoms with E-state index >= 15 is 0 Å². The average Bonchev–Trinajstić information content (AvgIpc) is 2.49. The van der Waals surface area contributed by atoms with E-state index in [1.165, 1.54) is 11.0 Å². The second-order valence-corrected chi connectivity index (χ2v) is 2.99. The van der Waals surface area contributed by atoms with Crippen LogP contribution in [0.5, 0.6) is 0 Å². The molecule has 0 unspecified atom stereocenters. The Labute approximate surface area is 72.1 Å². The monoisotopic (exact) mass is 161 g/mol. The Hall–Kier alpha value is -1.31. The first-order valence-corrected chi connectivity index (χ1v) is 4.26. The van der Waals surface area contributed by atoms with Crippen LogP contribution >= 0.6 is 0 Å². The molecule has 2 heterocycles. The highest BCUT2D eigenvalue weighted by Crippen LogP contribution is 2.09. The molecule has 0 bridgehead atoms. The van der Waals surface area contributed by atoms with E-state index in [0.717, 1.165) is 6.54 Å². The number of rotatable bonds is 1. The minimum Gasteiger partial charge on any atom is -0.343 e. The molecule has 0 atom stereocenters. The molecule has 0 aliphatic rings. The number of nitrogens with zero attached hydrogens (tertiary/aromatic N) is 2. The van der Waals surface area contributed by atoms with Crippen LogP contribution in [0.3, 0.4) is 0 Å². The smallest absolute Gasteiger partial charge is 0.230 e. The van der Waals surface area contributed by atoms with Crippen molar-refractivity contribution in [2.24, 2.45) is 7.05 Å². The fraction of sp³-hybridized carbons (Fsp3) is 0.300. The summed E-state index contributed by atoms with van der Waals surface area (Å²) in [6.45, 7) is 3.19. The van der Waals surface area contributed by atoms with Crippen molar-refractivity contribution in [3.8, 4) is 0 Å². The first-order valence-electron chi connectivity index (χ1n) is 4.26. The van der Waals surface area contributed by atoms with Gasteiger partial charge in [0.25, 0.3) is 0 Å². The van der Waals surface area contributed by atoms with Gasteiger partial charge >= 0.3 is 0 Å². The summed E-state index contributed by atoms with van der Waals surface area (Å²) < 4.78 is 4.39. The van der Waals surface area contributed by atoms with Crippen LogP contribution in [0, 0.1) is 0 Å². The molecule has 0 aliphatic carbocycles. The summed E-state index contributed by atoms with van der Waals surface area (Å²) >= 11 is 0. The largest absolute Gasteiger partial charge is 0.343 e. The number of hydrogen-bond acceptors (Lipinski definition) is 0. The summed E-state index contributed by atoms with van der Waals surface area (Å²) in [5.41, 5.74) is 2.60. The molecule has 0 fully saturated rings. The van der Waals surface area contributed by atoms with E-state index in [4.69, 9.17) is 0 Å². The molecule has 0 saturated carbocycles. The van der Waals surface area contributed by atoms with Gasteiger partial charge < -0.3 is 4.57 Å². The maximum atomic E-state index is 2.25. The quantitative estimate of drug-likeness (QED) is 0.560. The molecule has 12 heavy (non-hydrogen) atoms. The summed E-state index contributed by atoms with van der Waals surface area (Å²) in [7, 11) is 2.07. The molecule has 62 valence electrons. The van der Waals surface area contributed by atoms with Crippen LogP contribution in [-0.4, -0.2) is 4.57 Å². The Kier molecular flexibility index (Phi) is 1.61. The molecular weight excluding hydrogens is 148 g/mol. The summed E-state index contributed by atoms with van der Waals surface area (Å²) in [5, 5.41) is 0. The normalized spacial score (nSPS) is 10.8. The third-order valence-electron chi connectivity index (χ3n) is 2.27. The van der Waals surface area contributed by atoms with Crippen LogP contribution in [-0.2, 0) is 13.6 Å². The molecule has 0 amide bonds. The minimum atomic E-state index is 1.04. The van der Waals surface area contributed by atoms with Crippen molar-refractivity contribution in [2.45, 2.75) is 13.5 Å². The van der Waals surface area contributed by atoms with Gasteiger partial charge in [-0.25, -0.2) is 0 Å². The van der Waals surface area contributed by atoms with Crippen molar-refractivity contribution in [2.75, 3.05) is 0 Å². The average molecular weight is 161 g/mol. The lowest BCUT2D eigenvalue weighted by atomic mass is 10.4. The third-order valence-corrected chi connectivity index (χ3v) is 2.27. The maximum absolute atomic E-state index is 2.25. The van der Waals surface area contributed by atoms with Crippen molar-refractivity contribution in [1.29, 1.82) is 0 Å². The zero-order valence-corrected chi connectivity index (χ0v) is 7.49.